The van der Waals surface area contributed by atoms with Crippen LogP contribution in [0.4, 0.5) is 0 Å². The van der Waals surface area contributed by atoms with Crippen LogP contribution in [0.15, 0.2) is 60.8 Å². The van der Waals surface area contributed by atoms with Crippen molar-refractivity contribution in [1.29, 1.82) is 0 Å². The molecule has 0 radical (unpaired) electrons. The van der Waals surface area contributed by atoms with Crippen molar-refractivity contribution in [2.45, 2.75) is 207 Å². The Morgan fingerprint density at radius 2 is 0.774 bits per heavy atom. The maximum absolute atomic E-state index is 12.7. The largest absolute Gasteiger partial charge is 0.462 e. The van der Waals surface area contributed by atoms with E-state index in [1.165, 1.54) is 89.9 Å². The van der Waals surface area contributed by atoms with Gasteiger partial charge in [0.25, 0.3) is 0 Å². The number of rotatable bonds is 38. The first-order chi connectivity index (χ1) is 26.0. The highest BCUT2D eigenvalue weighted by molar-refractivity contribution is 5.71. The van der Waals surface area contributed by atoms with Crippen molar-refractivity contribution in [1.82, 2.24) is 0 Å². The second-order valence-corrected chi connectivity index (χ2v) is 14.3. The van der Waals surface area contributed by atoms with E-state index in [0.29, 0.717) is 25.7 Å². The first-order valence-corrected chi connectivity index (χ1v) is 21.8. The Hall–Kier alpha value is -2.89. The summed E-state index contributed by atoms with van der Waals surface area (Å²) >= 11 is 0. The van der Waals surface area contributed by atoms with E-state index in [-0.39, 0.29) is 31.1 Å². The molecule has 0 saturated carbocycles. The third-order valence-corrected chi connectivity index (χ3v) is 9.10. The second kappa shape index (κ2) is 41.9. The third kappa shape index (κ3) is 40.1. The summed E-state index contributed by atoms with van der Waals surface area (Å²) in [6, 6.07) is 0. The summed E-state index contributed by atoms with van der Waals surface area (Å²) in [7, 11) is 0. The van der Waals surface area contributed by atoms with Gasteiger partial charge in [0.1, 0.15) is 13.2 Å². The molecule has 0 heterocycles. The van der Waals surface area contributed by atoms with Gasteiger partial charge in [-0.05, 0) is 57.8 Å². The number of carbonyl (C=O) groups excluding carboxylic acids is 3. The molecule has 0 fully saturated rings. The average molecular weight is 741 g/mol. The van der Waals surface area contributed by atoms with Gasteiger partial charge >= 0.3 is 17.9 Å². The number of esters is 3. The van der Waals surface area contributed by atoms with Gasteiger partial charge in [0.15, 0.2) is 6.10 Å². The van der Waals surface area contributed by atoms with Gasteiger partial charge in [0.05, 0.1) is 0 Å². The van der Waals surface area contributed by atoms with Gasteiger partial charge in [-0.1, -0.05) is 184 Å². The van der Waals surface area contributed by atoms with Gasteiger partial charge in [-0.25, -0.2) is 0 Å². The lowest BCUT2D eigenvalue weighted by molar-refractivity contribution is -0.167. The van der Waals surface area contributed by atoms with Crippen LogP contribution in [0.25, 0.3) is 0 Å². The van der Waals surface area contributed by atoms with E-state index >= 15 is 0 Å². The predicted molar refractivity (Wildman–Crippen MR) is 224 cm³/mol. The fourth-order valence-electron chi connectivity index (χ4n) is 5.81. The van der Waals surface area contributed by atoms with Crippen molar-refractivity contribution in [3.63, 3.8) is 0 Å². The lowest BCUT2D eigenvalue weighted by atomic mass is 10.0. The van der Waals surface area contributed by atoms with Crippen LogP contribution in [0.3, 0.4) is 0 Å². The Kier molecular flexibility index (Phi) is 39.6. The van der Waals surface area contributed by atoms with Crippen molar-refractivity contribution >= 4 is 17.9 Å². The molecule has 0 amide bonds. The zero-order valence-electron chi connectivity index (χ0n) is 34.5. The molecule has 0 saturated heterocycles. The Balaban J connectivity index is 4.46. The van der Waals surface area contributed by atoms with E-state index in [1.807, 2.05) is 36.5 Å². The zero-order valence-corrected chi connectivity index (χ0v) is 34.5. The van der Waals surface area contributed by atoms with Crippen molar-refractivity contribution < 1.29 is 28.6 Å². The van der Waals surface area contributed by atoms with Gasteiger partial charge in [0, 0.05) is 19.3 Å². The first kappa shape index (κ1) is 50.1. The molecular formula is C47H80O6. The van der Waals surface area contributed by atoms with Gasteiger partial charge < -0.3 is 14.2 Å². The summed E-state index contributed by atoms with van der Waals surface area (Å²) in [5.74, 6) is -0.977. The highest BCUT2D eigenvalue weighted by Crippen LogP contribution is 2.14. The maximum Gasteiger partial charge on any atom is 0.306 e. The molecule has 1 atom stereocenters. The molecular weight excluding hydrogens is 661 g/mol. The van der Waals surface area contributed by atoms with Crippen LogP contribution in [0.2, 0.25) is 0 Å². The second-order valence-electron chi connectivity index (χ2n) is 14.3. The molecule has 0 N–H and O–H groups in total. The summed E-state index contributed by atoms with van der Waals surface area (Å²) < 4.78 is 16.6. The van der Waals surface area contributed by atoms with Crippen LogP contribution < -0.4 is 0 Å². The standard InChI is InChI=1S/C47H80O6/c1-4-7-10-13-16-19-21-23-25-28-31-34-37-40-46(49)52-43-44(42-51-45(48)39-36-33-30-27-18-15-12-9-6-3)53-47(50)41-38-35-32-29-26-24-22-20-17-14-11-8-5-2/h7,10,13,16,19,21,23,25,27,30,44H,4-6,8-9,11-12,14-15,17-18,20,22,24,26,28-29,31-43H2,1-3H3/b10-7-,16-13-,21-19-,25-23-,30-27-. The molecule has 6 nitrogen and oxygen atoms in total. The Morgan fingerprint density at radius 3 is 1.30 bits per heavy atom. The lowest BCUT2D eigenvalue weighted by Gasteiger charge is -2.18. The number of hydrogen-bond donors (Lipinski definition) is 0. The molecule has 0 aliphatic carbocycles. The molecule has 0 aliphatic rings. The molecule has 0 rings (SSSR count). The highest BCUT2D eigenvalue weighted by Gasteiger charge is 2.19. The molecule has 53 heavy (non-hydrogen) atoms. The Labute approximate surface area is 326 Å². The predicted octanol–water partition coefficient (Wildman–Crippen LogP) is 13.7. The minimum atomic E-state index is -0.795. The van der Waals surface area contributed by atoms with Gasteiger partial charge in [0.2, 0.25) is 0 Å². The van der Waals surface area contributed by atoms with Gasteiger partial charge in [-0.3, -0.25) is 14.4 Å². The fraction of sp³-hybridized carbons (Fsp3) is 0.723. The van der Waals surface area contributed by atoms with Crippen LogP contribution in [0.5, 0.6) is 0 Å². The summed E-state index contributed by atoms with van der Waals surface area (Å²) in [6.45, 7) is 6.38. The van der Waals surface area contributed by atoms with Crippen molar-refractivity contribution in [2.75, 3.05) is 13.2 Å². The number of hydrogen-bond acceptors (Lipinski definition) is 6. The molecule has 0 bridgehead atoms. The highest BCUT2D eigenvalue weighted by atomic mass is 16.6. The monoisotopic (exact) mass is 741 g/mol. The Morgan fingerprint density at radius 1 is 0.396 bits per heavy atom. The molecule has 1 unspecified atom stereocenters. The lowest BCUT2D eigenvalue weighted by Crippen LogP contribution is -2.30. The average Bonchev–Trinajstić information content (AvgIpc) is 3.15. The topological polar surface area (TPSA) is 78.9 Å². The van der Waals surface area contributed by atoms with Crippen molar-refractivity contribution in [3.05, 3.63) is 60.8 Å². The van der Waals surface area contributed by atoms with Crippen LogP contribution in [0, 0.1) is 0 Å². The molecule has 0 aliphatic heterocycles. The fourth-order valence-corrected chi connectivity index (χ4v) is 5.81. The molecule has 6 heteroatoms. The minimum Gasteiger partial charge on any atom is -0.462 e. The van der Waals surface area contributed by atoms with Crippen LogP contribution in [-0.2, 0) is 28.6 Å². The van der Waals surface area contributed by atoms with E-state index in [0.717, 1.165) is 64.2 Å². The zero-order chi connectivity index (χ0) is 38.7. The quantitative estimate of drug-likeness (QED) is 0.0206. The van der Waals surface area contributed by atoms with Crippen LogP contribution in [0.1, 0.15) is 201 Å². The van der Waals surface area contributed by atoms with Crippen LogP contribution in [-0.4, -0.2) is 37.2 Å². The summed E-state index contributed by atoms with van der Waals surface area (Å²) in [5, 5.41) is 0. The van der Waals surface area contributed by atoms with Gasteiger partial charge in [-0.15, -0.1) is 0 Å². The van der Waals surface area contributed by atoms with Gasteiger partial charge in [-0.2, -0.15) is 0 Å². The SMILES string of the molecule is CC\C=C/C=C\C=C/C=C\CCCCCC(=O)OCC(COC(=O)CCC/C=C\CCCCCC)OC(=O)CCCCCCCCCCCCCCC. The van der Waals surface area contributed by atoms with E-state index in [2.05, 4.69) is 45.1 Å². The number of ether oxygens (including phenoxy) is 3. The van der Waals surface area contributed by atoms with E-state index in [9.17, 15) is 14.4 Å². The minimum absolute atomic E-state index is 0.101. The Bertz CT molecular complexity index is 991. The van der Waals surface area contributed by atoms with Crippen LogP contribution >= 0.6 is 0 Å². The van der Waals surface area contributed by atoms with Crippen molar-refractivity contribution in [2.24, 2.45) is 0 Å². The number of carbonyl (C=O) groups is 3. The van der Waals surface area contributed by atoms with E-state index in [4.69, 9.17) is 14.2 Å². The maximum atomic E-state index is 12.7. The van der Waals surface area contributed by atoms with E-state index in [1.54, 1.807) is 0 Å². The normalized spacial score (nSPS) is 12.6. The summed E-state index contributed by atoms with van der Waals surface area (Å²) in [6.07, 6.45) is 49.3. The third-order valence-electron chi connectivity index (χ3n) is 9.10. The molecule has 0 aromatic rings. The molecule has 304 valence electrons. The number of allylic oxidation sites excluding steroid dienone is 10. The molecule has 0 spiro atoms. The first-order valence-electron chi connectivity index (χ1n) is 21.8. The van der Waals surface area contributed by atoms with E-state index < -0.39 is 6.10 Å². The smallest absolute Gasteiger partial charge is 0.306 e. The summed E-state index contributed by atoms with van der Waals surface area (Å²) in [5.41, 5.74) is 0. The molecule has 0 aromatic heterocycles. The molecule has 0 aromatic carbocycles. The number of unbranched alkanes of at least 4 members (excludes halogenated alkanes) is 20. The summed E-state index contributed by atoms with van der Waals surface area (Å²) in [4.78, 5) is 37.6. The van der Waals surface area contributed by atoms with Crippen molar-refractivity contribution in [3.8, 4) is 0 Å².